The number of esters is 1. The Labute approximate surface area is 383 Å². The minimum Gasteiger partial charge on any atom is -0.462 e. The van der Waals surface area contributed by atoms with Crippen molar-refractivity contribution in [2.24, 2.45) is 0 Å². The van der Waals surface area contributed by atoms with E-state index in [9.17, 15) is 19.8 Å². The molecule has 0 aromatic heterocycles. The number of aliphatic hydroxyl groups is 2. The highest BCUT2D eigenvalue weighted by atomic mass is 16.5. The first kappa shape index (κ1) is 59.3. The van der Waals surface area contributed by atoms with Gasteiger partial charge in [0.05, 0.1) is 25.2 Å². The molecule has 6 nitrogen and oxygen atoms in total. The van der Waals surface area contributed by atoms with Gasteiger partial charge in [-0.05, 0) is 64.2 Å². The van der Waals surface area contributed by atoms with Gasteiger partial charge in [0.1, 0.15) is 6.10 Å². The topological polar surface area (TPSA) is 95.9 Å². The second-order valence-electron chi connectivity index (χ2n) is 17.7. The summed E-state index contributed by atoms with van der Waals surface area (Å²) in [5.41, 5.74) is 0. The predicted molar refractivity (Wildman–Crippen MR) is 268 cm³/mol. The number of carbonyl (C=O) groups excluding carboxylic acids is 2. The molecule has 0 heterocycles. The zero-order valence-corrected chi connectivity index (χ0v) is 40.7. The molecule has 0 aliphatic carbocycles. The second-order valence-corrected chi connectivity index (χ2v) is 17.7. The number of amides is 1. The molecule has 0 aliphatic heterocycles. The van der Waals surface area contributed by atoms with Gasteiger partial charge < -0.3 is 20.3 Å². The van der Waals surface area contributed by atoms with E-state index in [0.717, 1.165) is 57.8 Å². The van der Waals surface area contributed by atoms with E-state index in [0.29, 0.717) is 19.3 Å². The summed E-state index contributed by atoms with van der Waals surface area (Å²) in [6.45, 7) is 6.31. The number of carbonyl (C=O) groups is 2. The number of ether oxygens (including phenoxy) is 1. The fourth-order valence-electron chi connectivity index (χ4n) is 7.69. The molecule has 6 heteroatoms. The molecule has 0 bridgehead atoms. The van der Waals surface area contributed by atoms with Gasteiger partial charge >= 0.3 is 5.97 Å². The van der Waals surface area contributed by atoms with Gasteiger partial charge in [-0.2, -0.15) is 0 Å². The normalized spacial score (nSPS) is 13.8. The van der Waals surface area contributed by atoms with E-state index in [1.54, 1.807) is 0 Å². The van der Waals surface area contributed by atoms with Gasteiger partial charge in [-0.3, -0.25) is 9.59 Å². The Hall–Kier alpha value is -2.70. The molecule has 3 atom stereocenters. The maximum absolute atomic E-state index is 13.2. The molecule has 0 aliphatic rings. The van der Waals surface area contributed by atoms with Crippen molar-refractivity contribution in [3.63, 3.8) is 0 Å². The smallest absolute Gasteiger partial charge is 0.306 e. The third kappa shape index (κ3) is 43.9. The van der Waals surface area contributed by atoms with Crippen molar-refractivity contribution in [1.82, 2.24) is 5.32 Å². The first-order valence-corrected chi connectivity index (χ1v) is 26.2. The van der Waals surface area contributed by atoms with E-state index in [-0.39, 0.29) is 24.9 Å². The van der Waals surface area contributed by atoms with Gasteiger partial charge in [0.15, 0.2) is 0 Å². The van der Waals surface area contributed by atoms with Crippen molar-refractivity contribution in [1.29, 1.82) is 0 Å². The van der Waals surface area contributed by atoms with Gasteiger partial charge in [0, 0.05) is 6.42 Å². The summed E-state index contributed by atoms with van der Waals surface area (Å²) in [6.07, 6.45) is 62.6. The van der Waals surface area contributed by atoms with Crippen molar-refractivity contribution >= 4 is 11.9 Å². The molecule has 0 fully saturated rings. The van der Waals surface area contributed by atoms with Crippen LogP contribution in [-0.4, -0.2) is 46.9 Å². The van der Waals surface area contributed by atoms with Crippen LogP contribution in [-0.2, 0) is 14.3 Å². The van der Waals surface area contributed by atoms with E-state index in [4.69, 9.17) is 4.74 Å². The van der Waals surface area contributed by atoms with Crippen LogP contribution in [0.1, 0.15) is 245 Å². The Kier molecular flexibility index (Phi) is 47.2. The number of unbranched alkanes of at least 4 members (excludes halogenated alkanes) is 26. The lowest BCUT2D eigenvalue weighted by atomic mass is 10.0. The highest BCUT2D eigenvalue weighted by Gasteiger charge is 2.24. The van der Waals surface area contributed by atoms with Crippen LogP contribution in [0.2, 0.25) is 0 Å². The highest BCUT2D eigenvalue weighted by Crippen LogP contribution is 2.17. The SMILES string of the molecule is CC/C=C/C=C/C=C\C=C/C=C/CCCC(CC(=O)NC(CO)C(O)CCCCCCCCCCCCC)OC(=O)CCCCCCCCCCC/C=C/CCCCCCCC. The average Bonchev–Trinajstić information content (AvgIpc) is 3.26. The summed E-state index contributed by atoms with van der Waals surface area (Å²) in [7, 11) is 0. The van der Waals surface area contributed by atoms with Crippen molar-refractivity contribution in [3.05, 3.63) is 72.9 Å². The molecule has 1 amide bonds. The Morgan fingerprint density at radius 2 is 0.903 bits per heavy atom. The molecule has 0 aromatic rings. The Balaban J connectivity index is 4.61. The van der Waals surface area contributed by atoms with Crippen LogP contribution in [0.3, 0.4) is 0 Å². The summed E-state index contributed by atoms with van der Waals surface area (Å²) < 4.78 is 5.90. The van der Waals surface area contributed by atoms with E-state index in [1.807, 2.05) is 48.6 Å². The third-order valence-electron chi connectivity index (χ3n) is 11.6. The summed E-state index contributed by atoms with van der Waals surface area (Å²) in [6, 6.07) is -0.726. The Morgan fingerprint density at radius 1 is 0.484 bits per heavy atom. The first-order valence-electron chi connectivity index (χ1n) is 26.2. The molecule has 3 N–H and O–H groups in total. The van der Waals surface area contributed by atoms with Crippen LogP contribution >= 0.6 is 0 Å². The summed E-state index contributed by atoms with van der Waals surface area (Å²) in [5, 5.41) is 23.7. The van der Waals surface area contributed by atoms with Crippen LogP contribution in [0, 0.1) is 0 Å². The quantitative estimate of drug-likeness (QED) is 0.0245. The lowest BCUT2D eigenvalue weighted by Gasteiger charge is -2.24. The number of nitrogens with one attached hydrogen (secondary N) is 1. The van der Waals surface area contributed by atoms with Crippen molar-refractivity contribution in [2.75, 3.05) is 6.61 Å². The van der Waals surface area contributed by atoms with Gasteiger partial charge in [0.25, 0.3) is 0 Å². The lowest BCUT2D eigenvalue weighted by molar-refractivity contribution is -0.151. The molecule has 3 unspecified atom stereocenters. The molecule has 0 radical (unpaired) electrons. The first-order chi connectivity index (χ1) is 30.5. The van der Waals surface area contributed by atoms with E-state index < -0.39 is 18.2 Å². The standard InChI is InChI=1S/C56H99NO5/c1-4-7-10-13-16-19-22-24-25-26-27-28-29-31-34-37-40-43-46-49-56(61)62-52(47-44-41-38-35-33-30-23-20-17-14-11-8-5-2)50-55(60)57-53(51-58)54(59)48-45-42-39-36-32-21-18-15-12-9-6-3/h8,11,14,17,20,23-25,30,33,35,38,52-54,58-59H,4-7,9-10,12-13,15-16,18-19,21-22,26-29,31-32,34,36-37,39-51H2,1-3H3,(H,57,60)/b11-8+,17-14+,23-20-,25-24+,33-30-,38-35+. The van der Waals surface area contributed by atoms with Crippen molar-refractivity contribution in [3.8, 4) is 0 Å². The van der Waals surface area contributed by atoms with Crippen LogP contribution in [0.4, 0.5) is 0 Å². The van der Waals surface area contributed by atoms with Crippen molar-refractivity contribution < 1.29 is 24.5 Å². The zero-order valence-electron chi connectivity index (χ0n) is 40.7. The van der Waals surface area contributed by atoms with Crippen LogP contribution in [0.5, 0.6) is 0 Å². The molecule has 62 heavy (non-hydrogen) atoms. The highest BCUT2D eigenvalue weighted by molar-refractivity contribution is 5.77. The van der Waals surface area contributed by atoms with Crippen LogP contribution in [0.25, 0.3) is 0 Å². The fraction of sp³-hybridized carbons (Fsp3) is 0.750. The molecular formula is C56H99NO5. The summed E-state index contributed by atoms with van der Waals surface area (Å²) >= 11 is 0. The maximum Gasteiger partial charge on any atom is 0.306 e. The largest absolute Gasteiger partial charge is 0.462 e. The predicted octanol–water partition coefficient (Wildman–Crippen LogP) is 15.8. The summed E-state index contributed by atoms with van der Waals surface area (Å²) in [5.74, 6) is -0.548. The molecular weight excluding hydrogens is 767 g/mol. The zero-order chi connectivity index (χ0) is 45.2. The Bertz CT molecular complexity index is 1150. The van der Waals surface area contributed by atoms with E-state index in [2.05, 4.69) is 50.4 Å². The molecule has 0 saturated heterocycles. The molecule has 358 valence electrons. The van der Waals surface area contributed by atoms with E-state index >= 15 is 0 Å². The van der Waals surface area contributed by atoms with Gasteiger partial charge in [-0.1, -0.05) is 241 Å². The van der Waals surface area contributed by atoms with Crippen molar-refractivity contribution in [2.45, 2.75) is 264 Å². The van der Waals surface area contributed by atoms with Gasteiger partial charge in [-0.15, -0.1) is 0 Å². The van der Waals surface area contributed by atoms with Crippen LogP contribution in [0.15, 0.2) is 72.9 Å². The third-order valence-corrected chi connectivity index (χ3v) is 11.6. The van der Waals surface area contributed by atoms with Crippen LogP contribution < -0.4 is 5.32 Å². The Morgan fingerprint density at radius 3 is 1.39 bits per heavy atom. The number of rotatable bonds is 46. The van der Waals surface area contributed by atoms with Gasteiger partial charge in [-0.25, -0.2) is 0 Å². The monoisotopic (exact) mass is 866 g/mol. The summed E-state index contributed by atoms with van der Waals surface area (Å²) in [4.78, 5) is 26.1. The minimum atomic E-state index is -0.808. The number of aliphatic hydroxyl groups excluding tert-OH is 2. The molecule has 0 aromatic carbocycles. The average molecular weight is 866 g/mol. The molecule has 0 rings (SSSR count). The minimum absolute atomic E-state index is 0.0261. The fourth-order valence-corrected chi connectivity index (χ4v) is 7.69. The number of allylic oxidation sites excluding steroid dienone is 12. The molecule has 0 spiro atoms. The van der Waals surface area contributed by atoms with E-state index in [1.165, 1.54) is 141 Å². The number of hydrogen-bond donors (Lipinski definition) is 3. The van der Waals surface area contributed by atoms with Gasteiger partial charge in [0.2, 0.25) is 5.91 Å². The lowest BCUT2D eigenvalue weighted by Crippen LogP contribution is -2.46. The molecule has 0 saturated carbocycles. The second kappa shape index (κ2) is 49.3. The maximum atomic E-state index is 13.2. The number of hydrogen-bond acceptors (Lipinski definition) is 5.